The summed E-state index contributed by atoms with van der Waals surface area (Å²) in [6.07, 6.45) is 9.22. The van der Waals surface area contributed by atoms with E-state index < -0.39 is 0 Å². The Balaban J connectivity index is 1.74. The zero-order valence-corrected chi connectivity index (χ0v) is 8.61. The van der Waals surface area contributed by atoms with Crippen LogP contribution in [0.2, 0.25) is 0 Å². The molecule has 0 aliphatic heterocycles. The number of hydrogen-bond acceptors (Lipinski definition) is 3. The lowest BCUT2D eigenvalue weighted by molar-refractivity contribution is 0.582. The van der Waals surface area contributed by atoms with Gasteiger partial charge in [-0.15, -0.1) is 0 Å². The summed E-state index contributed by atoms with van der Waals surface area (Å²) in [5.41, 5.74) is 1.10. The van der Waals surface area contributed by atoms with E-state index in [0.717, 1.165) is 24.7 Å². The second-order valence-corrected chi connectivity index (χ2v) is 4.05. The molecular weight excluding hydrogens is 174 g/mol. The third-order valence-corrected chi connectivity index (χ3v) is 2.68. The quantitative estimate of drug-likeness (QED) is 0.770. The fourth-order valence-corrected chi connectivity index (χ4v) is 1.50. The van der Waals surface area contributed by atoms with E-state index in [-0.39, 0.29) is 0 Å². The van der Waals surface area contributed by atoms with Crippen LogP contribution in [0, 0.1) is 0 Å². The van der Waals surface area contributed by atoms with Gasteiger partial charge in [-0.25, -0.2) is 0 Å². The normalized spacial score (nSPS) is 18.1. The van der Waals surface area contributed by atoms with Gasteiger partial charge in [0.1, 0.15) is 0 Å². The van der Waals surface area contributed by atoms with Gasteiger partial charge in [-0.2, -0.15) is 0 Å². The summed E-state index contributed by atoms with van der Waals surface area (Å²) in [6, 6.07) is 0.809. The van der Waals surface area contributed by atoms with Crippen LogP contribution in [0.5, 0.6) is 0 Å². The van der Waals surface area contributed by atoms with Gasteiger partial charge in [-0.3, -0.25) is 9.97 Å². The van der Waals surface area contributed by atoms with Crippen molar-refractivity contribution >= 4 is 0 Å². The van der Waals surface area contributed by atoms with Crippen molar-refractivity contribution in [1.82, 2.24) is 15.3 Å². The van der Waals surface area contributed by atoms with Crippen molar-refractivity contribution in [2.75, 3.05) is 6.54 Å². The summed E-state index contributed by atoms with van der Waals surface area (Å²) >= 11 is 0. The zero-order chi connectivity index (χ0) is 9.80. The predicted molar refractivity (Wildman–Crippen MR) is 56.1 cm³/mol. The first-order valence-corrected chi connectivity index (χ1v) is 5.35. The predicted octanol–water partition coefficient (Wildman–Crippen LogP) is 1.72. The van der Waals surface area contributed by atoms with Gasteiger partial charge in [0, 0.05) is 30.6 Å². The van der Waals surface area contributed by atoms with Crippen LogP contribution >= 0.6 is 0 Å². The lowest BCUT2D eigenvalue weighted by Crippen LogP contribution is -2.19. The van der Waals surface area contributed by atoms with Crippen molar-refractivity contribution in [2.45, 2.75) is 38.1 Å². The van der Waals surface area contributed by atoms with E-state index in [1.807, 2.05) is 6.20 Å². The van der Waals surface area contributed by atoms with E-state index >= 15 is 0 Å². The van der Waals surface area contributed by atoms with Gasteiger partial charge in [0.15, 0.2) is 0 Å². The van der Waals surface area contributed by atoms with Crippen LogP contribution in [-0.2, 0) is 0 Å². The monoisotopic (exact) mass is 191 g/mol. The lowest BCUT2D eigenvalue weighted by Gasteiger charge is -2.10. The van der Waals surface area contributed by atoms with Crippen LogP contribution < -0.4 is 5.32 Å². The van der Waals surface area contributed by atoms with Gasteiger partial charge in [0.2, 0.25) is 0 Å². The van der Waals surface area contributed by atoms with Crippen molar-refractivity contribution in [3.05, 3.63) is 24.3 Å². The summed E-state index contributed by atoms with van der Waals surface area (Å²) in [4.78, 5) is 8.38. The van der Waals surface area contributed by atoms with Crippen LogP contribution in [0.1, 0.15) is 37.8 Å². The van der Waals surface area contributed by atoms with Crippen LogP contribution in [0.4, 0.5) is 0 Å². The Labute approximate surface area is 85.0 Å². The van der Waals surface area contributed by atoms with Crippen LogP contribution in [-0.4, -0.2) is 22.6 Å². The van der Waals surface area contributed by atoms with Crippen molar-refractivity contribution in [3.63, 3.8) is 0 Å². The van der Waals surface area contributed by atoms with E-state index in [2.05, 4.69) is 22.2 Å². The van der Waals surface area contributed by atoms with Crippen LogP contribution in [0.25, 0.3) is 0 Å². The molecule has 1 atom stereocenters. The first-order valence-electron chi connectivity index (χ1n) is 5.35. The summed E-state index contributed by atoms with van der Waals surface area (Å²) in [6.45, 7) is 3.31. The number of aromatic nitrogens is 2. The fourth-order valence-electron chi connectivity index (χ4n) is 1.50. The van der Waals surface area contributed by atoms with E-state index in [9.17, 15) is 0 Å². The molecule has 14 heavy (non-hydrogen) atoms. The molecule has 0 radical (unpaired) electrons. The van der Waals surface area contributed by atoms with Gasteiger partial charge in [0.25, 0.3) is 0 Å². The van der Waals surface area contributed by atoms with Crippen molar-refractivity contribution in [3.8, 4) is 0 Å². The average Bonchev–Trinajstić information content (AvgIpc) is 3.03. The summed E-state index contributed by atoms with van der Waals surface area (Å²) in [5, 5.41) is 3.51. The minimum absolute atomic E-state index is 0.509. The molecule has 0 spiro atoms. The fraction of sp³-hybridized carbons (Fsp3) is 0.636. The maximum absolute atomic E-state index is 4.30. The number of rotatable bonds is 5. The van der Waals surface area contributed by atoms with Gasteiger partial charge >= 0.3 is 0 Å². The Morgan fingerprint density at radius 3 is 3.00 bits per heavy atom. The second-order valence-electron chi connectivity index (χ2n) is 4.05. The topological polar surface area (TPSA) is 37.8 Å². The summed E-state index contributed by atoms with van der Waals surface area (Å²) in [7, 11) is 0. The summed E-state index contributed by atoms with van der Waals surface area (Å²) in [5.74, 6) is 0.509. The SMILES string of the molecule is CC(CCNC1CC1)c1cnccn1. The zero-order valence-electron chi connectivity index (χ0n) is 8.61. The van der Waals surface area contributed by atoms with Gasteiger partial charge in [-0.1, -0.05) is 6.92 Å². The standard InChI is InChI=1S/C11H17N3/c1-9(4-5-13-10-2-3-10)11-8-12-6-7-14-11/h6-10,13H,2-5H2,1H3. The summed E-state index contributed by atoms with van der Waals surface area (Å²) < 4.78 is 0. The molecule has 0 aromatic carbocycles. The Kier molecular flexibility index (Phi) is 3.09. The molecule has 2 rings (SSSR count). The van der Waals surface area contributed by atoms with E-state index in [1.54, 1.807) is 12.4 Å². The average molecular weight is 191 g/mol. The molecule has 1 aromatic rings. The van der Waals surface area contributed by atoms with Crippen molar-refractivity contribution in [2.24, 2.45) is 0 Å². The molecule has 1 aliphatic rings. The highest BCUT2D eigenvalue weighted by molar-refractivity contribution is 5.01. The number of nitrogens with one attached hydrogen (secondary N) is 1. The first-order chi connectivity index (χ1) is 6.86. The van der Waals surface area contributed by atoms with Crippen LogP contribution in [0.3, 0.4) is 0 Å². The van der Waals surface area contributed by atoms with Crippen molar-refractivity contribution < 1.29 is 0 Å². The highest BCUT2D eigenvalue weighted by atomic mass is 14.9. The molecule has 1 unspecified atom stereocenters. The van der Waals surface area contributed by atoms with Crippen LogP contribution in [0.15, 0.2) is 18.6 Å². The van der Waals surface area contributed by atoms with E-state index in [4.69, 9.17) is 0 Å². The molecule has 1 N–H and O–H groups in total. The Bertz CT molecular complexity index is 269. The highest BCUT2D eigenvalue weighted by Crippen LogP contribution is 2.20. The molecule has 0 saturated heterocycles. The minimum atomic E-state index is 0.509. The Hall–Kier alpha value is -0.960. The first kappa shape index (κ1) is 9.59. The molecule has 1 aliphatic carbocycles. The maximum atomic E-state index is 4.30. The molecule has 1 fully saturated rings. The second kappa shape index (κ2) is 4.51. The Morgan fingerprint density at radius 1 is 1.50 bits per heavy atom. The molecule has 3 heteroatoms. The third kappa shape index (κ3) is 2.77. The van der Waals surface area contributed by atoms with Crippen molar-refractivity contribution in [1.29, 1.82) is 0 Å². The molecule has 76 valence electrons. The minimum Gasteiger partial charge on any atom is -0.314 e. The van der Waals surface area contributed by atoms with E-state index in [1.165, 1.54) is 12.8 Å². The molecule has 1 heterocycles. The molecule has 0 bridgehead atoms. The third-order valence-electron chi connectivity index (χ3n) is 2.68. The highest BCUT2D eigenvalue weighted by Gasteiger charge is 2.20. The molecule has 1 saturated carbocycles. The maximum Gasteiger partial charge on any atom is 0.0615 e. The van der Waals surface area contributed by atoms with E-state index in [0.29, 0.717) is 5.92 Å². The smallest absolute Gasteiger partial charge is 0.0615 e. The van der Waals surface area contributed by atoms with Gasteiger partial charge in [0.05, 0.1) is 5.69 Å². The largest absolute Gasteiger partial charge is 0.314 e. The lowest BCUT2D eigenvalue weighted by atomic mass is 10.0. The molecule has 3 nitrogen and oxygen atoms in total. The van der Waals surface area contributed by atoms with Gasteiger partial charge in [-0.05, 0) is 25.8 Å². The molecule has 1 aromatic heterocycles. The Morgan fingerprint density at radius 2 is 2.36 bits per heavy atom. The molecule has 0 amide bonds. The molecular formula is C11H17N3. The number of hydrogen-bond donors (Lipinski definition) is 1. The van der Waals surface area contributed by atoms with Gasteiger partial charge < -0.3 is 5.32 Å². The number of nitrogens with zero attached hydrogens (tertiary/aromatic N) is 2.